The first-order valence-corrected chi connectivity index (χ1v) is 9.14. The highest BCUT2D eigenvalue weighted by molar-refractivity contribution is 6.37. The van der Waals surface area contributed by atoms with Crippen LogP contribution in [0.2, 0.25) is 15.2 Å². The first kappa shape index (κ1) is 20.2. The first-order valence-electron chi connectivity index (χ1n) is 8.01. The molecule has 0 spiro atoms. The highest BCUT2D eigenvalue weighted by Gasteiger charge is 2.35. The number of rotatable bonds is 5. The van der Waals surface area contributed by atoms with Crippen LogP contribution in [0.5, 0.6) is 0 Å². The van der Waals surface area contributed by atoms with E-state index in [1.165, 1.54) is 35.2 Å². The van der Waals surface area contributed by atoms with Gasteiger partial charge in [-0.3, -0.25) is 9.59 Å². The van der Waals surface area contributed by atoms with Crippen molar-refractivity contribution in [2.75, 3.05) is 24.1 Å². The minimum Gasteiger partial charge on any atom is -0.396 e. The van der Waals surface area contributed by atoms with E-state index >= 15 is 0 Å². The molecule has 1 aromatic heterocycles. The summed E-state index contributed by atoms with van der Waals surface area (Å²) in [5.41, 5.74) is 6.19. The SMILES string of the molecule is Nc1ccc(Cl)nc1NC(=O)CN1CC(C(=O)c2ccc(Cl)cc2Cl)NC1=O. The van der Waals surface area contributed by atoms with Crippen LogP contribution in [0.4, 0.5) is 16.3 Å². The summed E-state index contributed by atoms with van der Waals surface area (Å²) >= 11 is 17.7. The van der Waals surface area contributed by atoms with Crippen LogP contribution in [0.15, 0.2) is 30.3 Å². The average molecular weight is 443 g/mol. The lowest BCUT2D eigenvalue weighted by atomic mass is 10.0. The molecule has 1 aliphatic heterocycles. The maximum absolute atomic E-state index is 12.6. The molecule has 0 aliphatic carbocycles. The molecule has 146 valence electrons. The van der Waals surface area contributed by atoms with Gasteiger partial charge in [0.25, 0.3) is 0 Å². The monoisotopic (exact) mass is 441 g/mol. The molecule has 1 atom stereocenters. The van der Waals surface area contributed by atoms with E-state index in [0.29, 0.717) is 5.02 Å². The molecule has 2 heterocycles. The summed E-state index contributed by atoms with van der Waals surface area (Å²) in [6.07, 6.45) is 0. The average Bonchev–Trinajstić information content (AvgIpc) is 2.98. The number of aromatic nitrogens is 1. The van der Waals surface area contributed by atoms with Gasteiger partial charge in [-0.15, -0.1) is 0 Å². The molecule has 1 fully saturated rings. The van der Waals surface area contributed by atoms with Gasteiger partial charge in [-0.2, -0.15) is 0 Å². The van der Waals surface area contributed by atoms with Crippen molar-refractivity contribution in [3.8, 4) is 0 Å². The van der Waals surface area contributed by atoms with Crippen LogP contribution in [0.25, 0.3) is 0 Å². The lowest BCUT2D eigenvalue weighted by Gasteiger charge is -2.15. The maximum atomic E-state index is 12.6. The van der Waals surface area contributed by atoms with Crippen molar-refractivity contribution in [2.24, 2.45) is 0 Å². The predicted molar refractivity (Wildman–Crippen MR) is 107 cm³/mol. The van der Waals surface area contributed by atoms with E-state index in [4.69, 9.17) is 40.5 Å². The fourth-order valence-corrected chi connectivity index (χ4v) is 3.29. The summed E-state index contributed by atoms with van der Waals surface area (Å²) in [5.74, 6) is -0.814. The predicted octanol–water partition coefficient (Wildman–Crippen LogP) is 2.84. The summed E-state index contributed by atoms with van der Waals surface area (Å²) in [7, 11) is 0. The molecule has 1 unspecified atom stereocenters. The largest absolute Gasteiger partial charge is 0.396 e. The quantitative estimate of drug-likeness (QED) is 0.486. The molecule has 2 aromatic rings. The molecule has 0 saturated carbocycles. The van der Waals surface area contributed by atoms with Gasteiger partial charge in [0, 0.05) is 10.6 Å². The maximum Gasteiger partial charge on any atom is 0.318 e. The number of anilines is 2. The molecule has 0 bridgehead atoms. The number of Topliss-reactive ketones (excluding diaryl/α,β-unsaturated/α-hetero) is 1. The topological polar surface area (TPSA) is 117 Å². The number of amides is 3. The third-order valence-corrected chi connectivity index (χ3v) is 4.74. The fraction of sp³-hybridized carbons (Fsp3) is 0.176. The number of hydrogen-bond donors (Lipinski definition) is 3. The number of carbonyl (C=O) groups excluding carboxylic acids is 3. The van der Waals surface area contributed by atoms with Crippen molar-refractivity contribution in [1.82, 2.24) is 15.2 Å². The third-order valence-electron chi connectivity index (χ3n) is 3.99. The summed E-state index contributed by atoms with van der Waals surface area (Å²) in [6.45, 7) is -0.292. The summed E-state index contributed by atoms with van der Waals surface area (Å²) in [5, 5.41) is 5.77. The van der Waals surface area contributed by atoms with Crippen molar-refractivity contribution in [3.05, 3.63) is 51.1 Å². The molecular weight excluding hydrogens is 429 g/mol. The second kappa shape index (κ2) is 8.22. The van der Waals surface area contributed by atoms with E-state index < -0.39 is 18.0 Å². The van der Waals surface area contributed by atoms with Gasteiger partial charge in [0.1, 0.15) is 17.7 Å². The molecule has 1 aromatic carbocycles. The number of nitrogens with one attached hydrogen (secondary N) is 2. The molecule has 1 saturated heterocycles. The highest BCUT2D eigenvalue weighted by atomic mass is 35.5. The molecule has 11 heteroatoms. The Labute approximate surface area is 174 Å². The van der Waals surface area contributed by atoms with Crippen molar-refractivity contribution in [3.63, 3.8) is 0 Å². The van der Waals surface area contributed by atoms with E-state index in [9.17, 15) is 14.4 Å². The number of urea groups is 1. The standard InChI is InChI=1S/C17H14Cl3N5O3/c18-8-1-2-9(10(19)5-8)15(27)12-6-25(17(28)22-12)7-14(26)24-16-11(21)3-4-13(20)23-16/h1-5,12H,6-7,21H2,(H,22,28)(H,23,24,26). The second-order valence-electron chi connectivity index (χ2n) is 5.99. The molecule has 0 radical (unpaired) electrons. The lowest BCUT2D eigenvalue weighted by Crippen LogP contribution is -2.36. The van der Waals surface area contributed by atoms with Gasteiger partial charge in [0.2, 0.25) is 5.91 Å². The number of nitrogens with zero attached hydrogens (tertiary/aromatic N) is 2. The zero-order valence-corrected chi connectivity index (χ0v) is 16.5. The van der Waals surface area contributed by atoms with Crippen LogP contribution in [0, 0.1) is 0 Å². The van der Waals surface area contributed by atoms with E-state index in [1.54, 1.807) is 0 Å². The lowest BCUT2D eigenvalue weighted by molar-refractivity contribution is -0.116. The molecule has 1 aliphatic rings. The Hall–Kier alpha value is -2.55. The van der Waals surface area contributed by atoms with E-state index in [-0.39, 0.29) is 46.1 Å². The van der Waals surface area contributed by atoms with Crippen LogP contribution < -0.4 is 16.4 Å². The van der Waals surface area contributed by atoms with E-state index in [2.05, 4.69) is 15.6 Å². The van der Waals surface area contributed by atoms with Crippen molar-refractivity contribution >= 4 is 64.0 Å². The zero-order chi connectivity index (χ0) is 20.4. The Balaban J connectivity index is 1.65. The number of benzene rings is 1. The number of hydrogen-bond acceptors (Lipinski definition) is 5. The van der Waals surface area contributed by atoms with Gasteiger partial charge in [0.05, 0.1) is 17.3 Å². The Bertz CT molecular complexity index is 969. The number of carbonyl (C=O) groups is 3. The van der Waals surface area contributed by atoms with Gasteiger partial charge in [-0.05, 0) is 30.3 Å². The van der Waals surface area contributed by atoms with Crippen LogP contribution in [-0.4, -0.2) is 46.7 Å². The van der Waals surface area contributed by atoms with Gasteiger partial charge >= 0.3 is 6.03 Å². The van der Waals surface area contributed by atoms with E-state index in [0.717, 1.165) is 0 Å². The van der Waals surface area contributed by atoms with Crippen LogP contribution in [0.1, 0.15) is 10.4 Å². The molecule has 3 amide bonds. The summed E-state index contributed by atoms with van der Waals surface area (Å²) in [4.78, 5) is 42.1. The van der Waals surface area contributed by atoms with Gasteiger partial charge < -0.3 is 21.3 Å². The van der Waals surface area contributed by atoms with E-state index in [1.807, 2.05) is 0 Å². The number of ketones is 1. The zero-order valence-electron chi connectivity index (χ0n) is 14.2. The Morgan fingerprint density at radius 1 is 1.25 bits per heavy atom. The number of halogens is 3. The number of pyridine rings is 1. The van der Waals surface area contributed by atoms with Gasteiger partial charge in [-0.1, -0.05) is 34.8 Å². The van der Waals surface area contributed by atoms with Crippen LogP contribution in [0.3, 0.4) is 0 Å². The van der Waals surface area contributed by atoms with Gasteiger partial charge in [0.15, 0.2) is 11.6 Å². The van der Waals surface area contributed by atoms with Crippen LogP contribution in [-0.2, 0) is 4.79 Å². The third kappa shape index (κ3) is 4.46. The molecule has 28 heavy (non-hydrogen) atoms. The molecule has 4 N–H and O–H groups in total. The van der Waals surface area contributed by atoms with Crippen molar-refractivity contribution < 1.29 is 14.4 Å². The normalized spacial score (nSPS) is 16.0. The van der Waals surface area contributed by atoms with Gasteiger partial charge in [-0.25, -0.2) is 9.78 Å². The molecular formula is C17H14Cl3N5O3. The summed E-state index contributed by atoms with van der Waals surface area (Å²) < 4.78 is 0. The second-order valence-corrected chi connectivity index (χ2v) is 7.22. The highest BCUT2D eigenvalue weighted by Crippen LogP contribution is 2.23. The van der Waals surface area contributed by atoms with Crippen molar-refractivity contribution in [1.29, 1.82) is 0 Å². The minimum atomic E-state index is -0.840. The molecule has 8 nitrogen and oxygen atoms in total. The van der Waals surface area contributed by atoms with Crippen molar-refractivity contribution in [2.45, 2.75) is 6.04 Å². The first-order chi connectivity index (χ1) is 13.2. The Kier molecular flexibility index (Phi) is 5.93. The molecule has 3 rings (SSSR count). The smallest absolute Gasteiger partial charge is 0.318 e. The minimum absolute atomic E-state index is 0.00248. The fourth-order valence-electron chi connectivity index (χ4n) is 2.64. The number of nitrogen functional groups attached to an aromatic ring is 1. The number of nitrogens with two attached hydrogens (primary N) is 1. The Morgan fingerprint density at radius 2 is 2.00 bits per heavy atom. The summed E-state index contributed by atoms with van der Waals surface area (Å²) in [6, 6.07) is 6.06. The Morgan fingerprint density at radius 3 is 2.71 bits per heavy atom. The van der Waals surface area contributed by atoms with Crippen LogP contribution >= 0.6 is 34.8 Å².